The lowest BCUT2D eigenvalue weighted by atomic mass is 10.2. The molecular weight excluding hydrogens is 406 g/mol. The molecule has 0 atom stereocenters. The summed E-state index contributed by atoms with van der Waals surface area (Å²) in [6.45, 7) is 0.483. The first kappa shape index (κ1) is 19.2. The van der Waals surface area contributed by atoms with Crippen molar-refractivity contribution in [3.63, 3.8) is 0 Å². The molecule has 8 heteroatoms. The number of hydrogen-bond donors (Lipinski definition) is 1. The second-order valence-electron chi connectivity index (χ2n) is 6.34. The normalized spacial score (nSPS) is 11.3. The number of benzene rings is 2. The molecule has 4 aromatic rings. The highest BCUT2D eigenvalue weighted by atomic mass is 32.2. The molecule has 0 radical (unpaired) electrons. The van der Waals surface area contributed by atoms with Crippen molar-refractivity contribution in [3.05, 3.63) is 83.9 Å². The van der Waals surface area contributed by atoms with Crippen LogP contribution in [0.1, 0.15) is 5.56 Å². The summed E-state index contributed by atoms with van der Waals surface area (Å²) in [6.07, 6.45) is 1.58. The molecule has 0 aliphatic carbocycles. The van der Waals surface area contributed by atoms with Crippen LogP contribution < -0.4 is 9.46 Å². The van der Waals surface area contributed by atoms with Gasteiger partial charge in [-0.15, -0.1) is 11.3 Å². The fourth-order valence-corrected chi connectivity index (χ4v) is 4.91. The van der Waals surface area contributed by atoms with E-state index in [1.165, 1.54) is 11.3 Å². The van der Waals surface area contributed by atoms with Gasteiger partial charge < -0.3 is 4.74 Å². The third-order valence-electron chi connectivity index (χ3n) is 4.30. The maximum Gasteiger partial charge on any atom is 0.265 e. The molecule has 0 spiro atoms. The largest absolute Gasteiger partial charge is 0.497 e. The molecule has 0 aliphatic rings. The maximum absolute atomic E-state index is 13.1. The minimum Gasteiger partial charge on any atom is -0.497 e. The van der Waals surface area contributed by atoms with Gasteiger partial charge in [0.25, 0.3) is 10.0 Å². The summed E-state index contributed by atoms with van der Waals surface area (Å²) in [4.78, 5) is 0.943. The van der Waals surface area contributed by atoms with E-state index in [4.69, 9.17) is 4.74 Å². The van der Waals surface area contributed by atoms with Gasteiger partial charge in [0.15, 0.2) is 0 Å². The van der Waals surface area contributed by atoms with Gasteiger partial charge in [0, 0.05) is 11.9 Å². The highest BCUT2D eigenvalue weighted by Crippen LogP contribution is 2.31. The van der Waals surface area contributed by atoms with Crippen LogP contribution in [0.2, 0.25) is 0 Å². The minimum absolute atomic E-state index is 0.145. The molecule has 0 bridgehead atoms. The van der Waals surface area contributed by atoms with Crippen LogP contribution in [0.15, 0.2) is 83.2 Å². The second kappa shape index (κ2) is 8.10. The molecule has 6 nitrogen and oxygen atoms in total. The van der Waals surface area contributed by atoms with E-state index in [0.717, 1.165) is 10.4 Å². The Morgan fingerprint density at radius 2 is 1.79 bits per heavy atom. The van der Waals surface area contributed by atoms with Crippen LogP contribution >= 0.6 is 11.3 Å². The molecular formula is C21H19N3O3S2. The molecule has 4 rings (SSSR count). The van der Waals surface area contributed by atoms with Gasteiger partial charge in [-0.25, -0.2) is 8.42 Å². The van der Waals surface area contributed by atoms with Crippen molar-refractivity contribution < 1.29 is 13.2 Å². The van der Waals surface area contributed by atoms with Crippen LogP contribution in [0.3, 0.4) is 0 Å². The average molecular weight is 426 g/mol. The van der Waals surface area contributed by atoms with Gasteiger partial charge in [0.05, 0.1) is 18.5 Å². The Labute approximate surface area is 173 Å². The molecule has 29 heavy (non-hydrogen) atoms. The van der Waals surface area contributed by atoms with Crippen LogP contribution in [0.5, 0.6) is 5.75 Å². The summed E-state index contributed by atoms with van der Waals surface area (Å²) in [5.74, 6) is 0.655. The highest BCUT2D eigenvalue weighted by molar-refractivity contribution is 7.92. The number of ether oxygens (including phenoxy) is 1. The van der Waals surface area contributed by atoms with E-state index in [-0.39, 0.29) is 4.90 Å². The van der Waals surface area contributed by atoms with Crippen molar-refractivity contribution in [2.45, 2.75) is 11.4 Å². The van der Waals surface area contributed by atoms with Gasteiger partial charge in [-0.1, -0.05) is 36.4 Å². The lowest BCUT2D eigenvalue weighted by Gasteiger charge is -2.08. The van der Waals surface area contributed by atoms with E-state index in [1.54, 1.807) is 42.3 Å². The molecule has 1 N–H and O–H groups in total. The summed E-state index contributed by atoms with van der Waals surface area (Å²) in [5, 5.41) is 6.47. The van der Waals surface area contributed by atoms with Gasteiger partial charge in [0.1, 0.15) is 16.3 Å². The molecule has 0 aliphatic heterocycles. The molecule has 0 unspecified atom stereocenters. The van der Waals surface area contributed by atoms with E-state index in [1.807, 2.05) is 47.8 Å². The lowest BCUT2D eigenvalue weighted by molar-refractivity contribution is 0.415. The summed E-state index contributed by atoms with van der Waals surface area (Å²) < 4.78 is 35.7. The standard InChI is InChI=1S/C21H19N3O3S2/c1-27-18-11-9-17(10-12-18)23-29(25,26)20-15-24(14-16-6-3-2-4-7-16)22-21(20)19-8-5-13-28-19/h2-13,15,23H,14H2,1H3. The number of methoxy groups -OCH3 is 1. The first-order chi connectivity index (χ1) is 14.0. The van der Waals surface area contributed by atoms with E-state index >= 15 is 0 Å². The van der Waals surface area contributed by atoms with E-state index in [2.05, 4.69) is 9.82 Å². The van der Waals surface area contributed by atoms with Crippen molar-refractivity contribution in [2.75, 3.05) is 11.8 Å². The molecule has 148 valence electrons. The molecule has 2 heterocycles. The smallest absolute Gasteiger partial charge is 0.265 e. The number of thiophene rings is 1. The molecule has 0 fully saturated rings. The molecule has 0 saturated carbocycles. The van der Waals surface area contributed by atoms with Gasteiger partial charge in [-0.3, -0.25) is 9.40 Å². The van der Waals surface area contributed by atoms with Crippen LogP contribution in [0.4, 0.5) is 5.69 Å². The van der Waals surface area contributed by atoms with E-state index < -0.39 is 10.0 Å². The Morgan fingerprint density at radius 3 is 2.45 bits per heavy atom. The van der Waals surface area contributed by atoms with Gasteiger partial charge >= 0.3 is 0 Å². The van der Waals surface area contributed by atoms with Gasteiger partial charge in [-0.05, 0) is 41.3 Å². The van der Waals surface area contributed by atoms with Crippen molar-refractivity contribution in [1.29, 1.82) is 0 Å². The summed E-state index contributed by atoms with van der Waals surface area (Å²) >= 11 is 1.45. The molecule has 0 amide bonds. The Morgan fingerprint density at radius 1 is 1.03 bits per heavy atom. The van der Waals surface area contributed by atoms with Crippen LogP contribution in [-0.4, -0.2) is 25.3 Å². The fraction of sp³-hybridized carbons (Fsp3) is 0.0952. The number of sulfonamides is 1. The van der Waals surface area contributed by atoms with Crippen molar-refractivity contribution in [1.82, 2.24) is 9.78 Å². The zero-order valence-corrected chi connectivity index (χ0v) is 17.3. The number of nitrogens with one attached hydrogen (secondary N) is 1. The summed E-state index contributed by atoms with van der Waals surface area (Å²) in [7, 11) is -2.27. The van der Waals surface area contributed by atoms with Gasteiger partial charge in [-0.2, -0.15) is 5.10 Å². The Balaban J connectivity index is 1.70. The van der Waals surface area contributed by atoms with Crippen molar-refractivity contribution in [2.24, 2.45) is 0 Å². The average Bonchev–Trinajstić information content (AvgIpc) is 3.39. The van der Waals surface area contributed by atoms with Crippen LogP contribution in [0, 0.1) is 0 Å². The first-order valence-corrected chi connectivity index (χ1v) is 11.2. The number of nitrogens with zero attached hydrogens (tertiary/aromatic N) is 2. The number of anilines is 1. The number of rotatable bonds is 7. The Bertz CT molecular complexity index is 1180. The lowest BCUT2D eigenvalue weighted by Crippen LogP contribution is -2.13. The summed E-state index contributed by atoms with van der Waals surface area (Å²) in [5.41, 5.74) is 1.94. The number of hydrogen-bond acceptors (Lipinski definition) is 5. The third-order valence-corrected chi connectivity index (χ3v) is 6.56. The Hall–Kier alpha value is -3.10. The van der Waals surface area contributed by atoms with Crippen LogP contribution in [0.25, 0.3) is 10.6 Å². The third kappa shape index (κ3) is 4.33. The van der Waals surface area contributed by atoms with Crippen molar-refractivity contribution in [3.8, 4) is 16.3 Å². The van der Waals surface area contributed by atoms with E-state index in [9.17, 15) is 8.42 Å². The predicted octanol–water partition coefficient (Wildman–Crippen LogP) is 4.47. The SMILES string of the molecule is COc1ccc(NS(=O)(=O)c2cn(Cc3ccccc3)nc2-c2cccs2)cc1. The van der Waals surface area contributed by atoms with E-state index in [0.29, 0.717) is 23.7 Å². The second-order valence-corrected chi connectivity index (χ2v) is 8.93. The first-order valence-electron chi connectivity index (χ1n) is 8.87. The predicted molar refractivity (Wildman–Crippen MR) is 115 cm³/mol. The summed E-state index contributed by atoms with van der Waals surface area (Å²) in [6, 6.07) is 20.3. The number of aromatic nitrogens is 2. The topological polar surface area (TPSA) is 73.2 Å². The monoisotopic (exact) mass is 425 g/mol. The van der Waals surface area contributed by atoms with Crippen LogP contribution in [-0.2, 0) is 16.6 Å². The fourth-order valence-electron chi connectivity index (χ4n) is 2.90. The molecule has 2 aromatic heterocycles. The molecule has 2 aromatic carbocycles. The maximum atomic E-state index is 13.1. The highest BCUT2D eigenvalue weighted by Gasteiger charge is 2.24. The van der Waals surface area contributed by atoms with Gasteiger partial charge in [0.2, 0.25) is 0 Å². The minimum atomic E-state index is -3.83. The zero-order valence-electron chi connectivity index (χ0n) is 15.6. The molecule has 0 saturated heterocycles. The Kier molecular flexibility index (Phi) is 5.37. The quantitative estimate of drug-likeness (QED) is 0.474. The zero-order chi connectivity index (χ0) is 20.3. The van der Waals surface area contributed by atoms with Crippen molar-refractivity contribution >= 4 is 27.0 Å².